The Labute approximate surface area is 307 Å². The summed E-state index contributed by atoms with van der Waals surface area (Å²) >= 11 is 6.20. The first-order valence-corrected chi connectivity index (χ1v) is 18.2. The summed E-state index contributed by atoms with van der Waals surface area (Å²) in [5, 5.41) is 10.5. The van der Waals surface area contributed by atoms with Gasteiger partial charge in [0.15, 0.2) is 5.13 Å². The molecule has 50 heavy (non-hydrogen) atoms. The number of thiazole rings is 1. The van der Waals surface area contributed by atoms with Crippen molar-refractivity contribution in [2.75, 3.05) is 10.6 Å². The largest absolute Gasteiger partial charge is 0.321 e. The molecule has 0 aliphatic carbocycles. The van der Waals surface area contributed by atoms with Crippen LogP contribution in [0.15, 0.2) is 154 Å². The van der Waals surface area contributed by atoms with E-state index in [1.165, 1.54) is 23.1 Å². The molecule has 0 saturated heterocycles. The monoisotopic (exact) mass is 758 g/mol. The molecule has 1 heterocycles. The number of amides is 3. The second kappa shape index (κ2) is 16.4. The molecule has 0 spiro atoms. The molecule has 1 atom stereocenters. The number of halogens is 1. The van der Waals surface area contributed by atoms with Crippen molar-refractivity contribution in [2.24, 2.45) is 0 Å². The lowest BCUT2D eigenvalue weighted by Crippen LogP contribution is -2.30. The number of nitrogens with zero attached hydrogens (tertiary/aromatic N) is 1. The first-order valence-electron chi connectivity index (χ1n) is 15.6. The number of aromatic nitrogens is 1. The van der Waals surface area contributed by atoms with Crippen molar-refractivity contribution >= 4 is 73.6 Å². The average Bonchev–Trinajstić information content (AvgIpc) is 3.59. The molecule has 0 fully saturated rings. The van der Waals surface area contributed by atoms with Crippen molar-refractivity contribution in [2.45, 2.75) is 17.1 Å². The number of carbonyl (C=O) groups is 3. The Bertz CT molecular complexity index is 2150. The summed E-state index contributed by atoms with van der Waals surface area (Å²) in [6.07, 6.45) is 1.62. The number of hydrogen-bond acceptors (Lipinski definition) is 6. The van der Waals surface area contributed by atoms with Crippen molar-refractivity contribution in [1.82, 2.24) is 10.3 Å². The zero-order valence-corrected chi connectivity index (χ0v) is 30.0. The van der Waals surface area contributed by atoms with E-state index in [-0.39, 0.29) is 11.6 Å². The highest BCUT2D eigenvalue weighted by Crippen LogP contribution is 2.38. The van der Waals surface area contributed by atoms with Gasteiger partial charge in [0.05, 0.1) is 5.69 Å². The lowest BCUT2D eigenvalue weighted by molar-refractivity contribution is -0.116. The van der Waals surface area contributed by atoms with Crippen LogP contribution in [0, 0.1) is 6.92 Å². The maximum Gasteiger partial charge on any atom is 0.272 e. The molecular weight excluding hydrogens is 729 g/mol. The molecule has 0 aliphatic rings. The Morgan fingerprint density at radius 3 is 2.26 bits per heavy atom. The van der Waals surface area contributed by atoms with Crippen LogP contribution < -0.4 is 16.0 Å². The van der Waals surface area contributed by atoms with E-state index in [1.54, 1.807) is 42.5 Å². The third-order valence-corrected chi connectivity index (χ3v) is 9.96. The van der Waals surface area contributed by atoms with E-state index < -0.39 is 17.1 Å². The van der Waals surface area contributed by atoms with Crippen LogP contribution in [0.1, 0.15) is 32.3 Å². The van der Waals surface area contributed by atoms with Gasteiger partial charge in [0.25, 0.3) is 11.8 Å². The number of benzene rings is 5. The van der Waals surface area contributed by atoms with Crippen LogP contribution in [0.4, 0.5) is 10.8 Å². The molecule has 5 aromatic carbocycles. The summed E-state index contributed by atoms with van der Waals surface area (Å²) in [6.45, 7) is 2.04. The Morgan fingerprint density at radius 1 is 0.800 bits per heavy atom. The number of carbonyl (C=O) groups excluding carboxylic acids is 3. The molecule has 248 valence electrons. The normalized spacial score (nSPS) is 11.8. The standard InChI is InChI=1S/C40H31BrN4O3S2/c1-26-18-20-28(21-19-26)35-25-49-40(44-35)45-39(48)36(29-11-4-2-5-12-29)50-33-17-9-16-32(24-33)42-38(47)34(23-27-10-8-15-31(41)22-27)43-37(46)30-13-6-3-7-14-30/h2-25,36H,1H3,(H,42,47)(H,43,46)(H,44,45,48)/b34-23+. The van der Waals surface area contributed by atoms with E-state index in [1.807, 2.05) is 109 Å². The van der Waals surface area contributed by atoms with Crippen LogP contribution in [0.5, 0.6) is 0 Å². The maximum absolute atomic E-state index is 13.8. The highest BCUT2D eigenvalue weighted by atomic mass is 79.9. The predicted octanol–water partition coefficient (Wildman–Crippen LogP) is 9.76. The number of rotatable bonds is 11. The molecule has 6 aromatic rings. The maximum atomic E-state index is 13.8. The van der Waals surface area contributed by atoms with Crippen molar-refractivity contribution in [3.05, 3.63) is 171 Å². The number of hydrogen-bond donors (Lipinski definition) is 3. The minimum absolute atomic E-state index is 0.0741. The Hall–Kier alpha value is -5.29. The Balaban J connectivity index is 1.21. The van der Waals surface area contributed by atoms with E-state index in [4.69, 9.17) is 0 Å². The van der Waals surface area contributed by atoms with Gasteiger partial charge in [-0.25, -0.2) is 4.98 Å². The number of aryl methyl sites for hydroxylation is 1. The molecule has 7 nitrogen and oxygen atoms in total. The summed E-state index contributed by atoms with van der Waals surface area (Å²) in [4.78, 5) is 46.0. The van der Waals surface area contributed by atoms with Gasteiger partial charge in [0, 0.05) is 31.6 Å². The summed E-state index contributed by atoms with van der Waals surface area (Å²) in [5.41, 5.74) is 5.49. The fourth-order valence-corrected chi connectivity index (χ4v) is 7.17. The first-order chi connectivity index (χ1) is 24.3. The lowest BCUT2D eigenvalue weighted by Gasteiger charge is -2.17. The summed E-state index contributed by atoms with van der Waals surface area (Å²) in [5.74, 6) is -1.13. The third-order valence-electron chi connectivity index (χ3n) is 7.46. The highest BCUT2D eigenvalue weighted by Gasteiger charge is 2.24. The van der Waals surface area contributed by atoms with Gasteiger partial charge in [0.2, 0.25) is 5.91 Å². The van der Waals surface area contributed by atoms with Gasteiger partial charge in [-0.2, -0.15) is 0 Å². The van der Waals surface area contributed by atoms with Gasteiger partial charge in [0.1, 0.15) is 10.9 Å². The second-order valence-electron chi connectivity index (χ2n) is 11.2. The summed E-state index contributed by atoms with van der Waals surface area (Å²) in [6, 6.07) is 41.0. The third kappa shape index (κ3) is 9.23. The van der Waals surface area contributed by atoms with Gasteiger partial charge in [-0.1, -0.05) is 112 Å². The fourth-order valence-electron chi connectivity index (χ4n) is 4.95. The molecule has 0 saturated carbocycles. The molecule has 1 unspecified atom stereocenters. The smallest absolute Gasteiger partial charge is 0.272 e. The number of nitrogens with one attached hydrogen (secondary N) is 3. The Morgan fingerprint density at radius 2 is 1.52 bits per heavy atom. The predicted molar refractivity (Wildman–Crippen MR) is 207 cm³/mol. The van der Waals surface area contributed by atoms with Crippen molar-refractivity contribution < 1.29 is 14.4 Å². The van der Waals surface area contributed by atoms with E-state index in [9.17, 15) is 14.4 Å². The molecule has 0 aliphatic heterocycles. The molecular formula is C40H31BrN4O3S2. The summed E-state index contributed by atoms with van der Waals surface area (Å²) in [7, 11) is 0. The molecule has 0 radical (unpaired) electrons. The zero-order valence-electron chi connectivity index (χ0n) is 26.8. The van der Waals surface area contributed by atoms with E-state index in [0.29, 0.717) is 16.4 Å². The van der Waals surface area contributed by atoms with Gasteiger partial charge in [-0.3, -0.25) is 14.4 Å². The van der Waals surface area contributed by atoms with Gasteiger partial charge >= 0.3 is 0 Å². The van der Waals surface area contributed by atoms with Crippen LogP contribution in [-0.2, 0) is 9.59 Å². The average molecular weight is 760 g/mol. The molecule has 1 aromatic heterocycles. The van der Waals surface area contributed by atoms with E-state index >= 15 is 0 Å². The molecule has 3 amide bonds. The Kier molecular flexibility index (Phi) is 11.3. The molecule has 6 rings (SSSR count). The minimum Gasteiger partial charge on any atom is -0.321 e. The van der Waals surface area contributed by atoms with Crippen LogP contribution in [-0.4, -0.2) is 22.7 Å². The number of anilines is 2. The minimum atomic E-state index is -0.606. The van der Waals surface area contributed by atoms with E-state index in [0.717, 1.165) is 37.3 Å². The topological polar surface area (TPSA) is 100 Å². The second-order valence-corrected chi connectivity index (χ2v) is 14.2. The van der Waals surface area contributed by atoms with Crippen LogP contribution in [0.25, 0.3) is 17.3 Å². The molecule has 10 heteroatoms. The van der Waals surface area contributed by atoms with E-state index in [2.05, 4.69) is 36.9 Å². The van der Waals surface area contributed by atoms with Gasteiger partial charge < -0.3 is 16.0 Å². The zero-order chi connectivity index (χ0) is 34.9. The van der Waals surface area contributed by atoms with Crippen LogP contribution >= 0.6 is 39.0 Å². The molecule has 3 N–H and O–H groups in total. The highest BCUT2D eigenvalue weighted by molar-refractivity contribution is 9.10. The quantitative estimate of drug-likeness (QED) is 0.0903. The first kappa shape index (κ1) is 34.6. The SMILES string of the molecule is Cc1ccc(-c2csc(NC(=O)C(Sc3cccc(NC(=O)/C(=C\c4cccc(Br)c4)NC(=O)c4ccccc4)c3)c3ccccc3)n2)cc1. The van der Waals surface area contributed by atoms with Crippen LogP contribution in [0.3, 0.4) is 0 Å². The molecule has 0 bridgehead atoms. The number of thioether (sulfide) groups is 1. The van der Waals surface area contributed by atoms with Gasteiger partial charge in [-0.05, 0) is 66.6 Å². The fraction of sp³-hybridized carbons (Fsp3) is 0.0500. The van der Waals surface area contributed by atoms with Crippen LogP contribution in [0.2, 0.25) is 0 Å². The summed E-state index contributed by atoms with van der Waals surface area (Å²) < 4.78 is 0.837. The lowest BCUT2D eigenvalue weighted by atomic mass is 10.1. The van der Waals surface area contributed by atoms with Crippen molar-refractivity contribution in [1.29, 1.82) is 0 Å². The van der Waals surface area contributed by atoms with Gasteiger partial charge in [-0.15, -0.1) is 23.1 Å². The van der Waals surface area contributed by atoms with Crippen molar-refractivity contribution in [3.63, 3.8) is 0 Å². The van der Waals surface area contributed by atoms with Crippen molar-refractivity contribution in [3.8, 4) is 11.3 Å².